The molecule has 1 saturated heterocycles. The van der Waals surface area contributed by atoms with Crippen LogP contribution in [0.4, 0.5) is 4.79 Å². The van der Waals surface area contributed by atoms with E-state index in [4.69, 9.17) is 9.47 Å². The number of amides is 1. The number of nitrogens with zero attached hydrogens (tertiary/aromatic N) is 1. The molecule has 4 nitrogen and oxygen atoms in total. The second-order valence-electron chi connectivity index (χ2n) is 5.11. The van der Waals surface area contributed by atoms with E-state index in [2.05, 4.69) is 6.92 Å². The van der Waals surface area contributed by atoms with Crippen LogP contribution in [0, 0.1) is 5.92 Å². The molecule has 0 N–H and O–H groups in total. The summed E-state index contributed by atoms with van der Waals surface area (Å²) in [5.41, 5.74) is -0.423. The van der Waals surface area contributed by atoms with E-state index < -0.39 is 5.60 Å². The molecule has 0 radical (unpaired) electrons. The number of ether oxygens (including phenoxy) is 2. The Labute approximate surface area is 91.5 Å². The monoisotopic (exact) mass is 215 g/mol. The first-order valence-corrected chi connectivity index (χ1v) is 5.44. The molecule has 0 aromatic rings. The van der Waals surface area contributed by atoms with Crippen LogP contribution in [-0.2, 0) is 9.47 Å². The van der Waals surface area contributed by atoms with Gasteiger partial charge in [-0.25, -0.2) is 4.79 Å². The van der Waals surface area contributed by atoms with Crippen LogP contribution in [0.2, 0.25) is 0 Å². The lowest BCUT2D eigenvalue weighted by Gasteiger charge is -2.27. The first-order chi connectivity index (χ1) is 6.88. The van der Waals surface area contributed by atoms with Crippen molar-refractivity contribution < 1.29 is 14.3 Å². The topological polar surface area (TPSA) is 38.8 Å². The van der Waals surface area contributed by atoms with Crippen LogP contribution in [0.25, 0.3) is 0 Å². The molecule has 1 rings (SSSR count). The predicted octanol–water partition coefficient (Wildman–Crippen LogP) is 1.89. The minimum atomic E-state index is -0.423. The molecular formula is C11H21NO3. The van der Waals surface area contributed by atoms with Gasteiger partial charge in [-0.2, -0.15) is 0 Å². The van der Waals surface area contributed by atoms with Crippen molar-refractivity contribution in [2.24, 2.45) is 5.92 Å². The van der Waals surface area contributed by atoms with Gasteiger partial charge in [0.25, 0.3) is 0 Å². The zero-order valence-corrected chi connectivity index (χ0v) is 10.1. The summed E-state index contributed by atoms with van der Waals surface area (Å²) < 4.78 is 10.7. The molecule has 0 saturated carbocycles. The fourth-order valence-corrected chi connectivity index (χ4v) is 1.47. The summed E-state index contributed by atoms with van der Waals surface area (Å²) in [5, 5.41) is 0. The summed E-state index contributed by atoms with van der Waals surface area (Å²) in [7, 11) is 0. The van der Waals surface area contributed by atoms with Crippen LogP contribution >= 0.6 is 0 Å². The second-order valence-corrected chi connectivity index (χ2v) is 5.11. The van der Waals surface area contributed by atoms with E-state index in [1.54, 1.807) is 4.90 Å². The van der Waals surface area contributed by atoms with E-state index in [-0.39, 0.29) is 6.09 Å². The third kappa shape index (κ3) is 4.51. The van der Waals surface area contributed by atoms with Gasteiger partial charge < -0.3 is 14.4 Å². The molecular weight excluding hydrogens is 194 g/mol. The first kappa shape index (κ1) is 12.3. The van der Waals surface area contributed by atoms with Gasteiger partial charge in [0.15, 0.2) is 0 Å². The number of carbonyl (C=O) groups is 1. The van der Waals surface area contributed by atoms with E-state index in [0.29, 0.717) is 19.1 Å². The molecule has 0 bridgehead atoms. The molecule has 1 aliphatic rings. The van der Waals surface area contributed by atoms with Crippen LogP contribution in [0.3, 0.4) is 0 Å². The molecule has 1 atom stereocenters. The van der Waals surface area contributed by atoms with Crippen molar-refractivity contribution in [3.8, 4) is 0 Å². The largest absolute Gasteiger partial charge is 0.444 e. The van der Waals surface area contributed by atoms with E-state index in [1.807, 2.05) is 20.8 Å². The zero-order chi connectivity index (χ0) is 11.5. The maximum absolute atomic E-state index is 11.8. The van der Waals surface area contributed by atoms with Crippen molar-refractivity contribution in [2.75, 3.05) is 26.3 Å². The van der Waals surface area contributed by atoms with Crippen LogP contribution in [0.5, 0.6) is 0 Å². The molecule has 4 heteroatoms. The first-order valence-electron chi connectivity index (χ1n) is 5.44. The van der Waals surface area contributed by atoms with Gasteiger partial charge in [0.1, 0.15) is 5.60 Å². The molecule has 0 aromatic heterocycles. The summed E-state index contributed by atoms with van der Waals surface area (Å²) in [6.07, 6.45) is -0.236. The molecule has 0 spiro atoms. The number of hydrogen-bond acceptors (Lipinski definition) is 3. The van der Waals surface area contributed by atoms with Gasteiger partial charge in [-0.05, 0) is 26.7 Å². The van der Waals surface area contributed by atoms with Crippen molar-refractivity contribution in [2.45, 2.75) is 33.3 Å². The van der Waals surface area contributed by atoms with Crippen LogP contribution in [-0.4, -0.2) is 42.9 Å². The van der Waals surface area contributed by atoms with E-state index in [9.17, 15) is 4.79 Å². The van der Waals surface area contributed by atoms with Crippen LogP contribution in [0.1, 0.15) is 27.7 Å². The Morgan fingerprint density at radius 1 is 1.47 bits per heavy atom. The maximum Gasteiger partial charge on any atom is 0.410 e. The summed E-state index contributed by atoms with van der Waals surface area (Å²) in [6.45, 7) is 10.4. The minimum absolute atomic E-state index is 0.236. The molecule has 1 aliphatic heterocycles. The lowest BCUT2D eigenvalue weighted by Crippen LogP contribution is -2.39. The van der Waals surface area contributed by atoms with Crippen LogP contribution in [0.15, 0.2) is 0 Å². The third-order valence-electron chi connectivity index (χ3n) is 2.09. The third-order valence-corrected chi connectivity index (χ3v) is 2.09. The highest BCUT2D eigenvalue weighted by Crippen LogP contribution is 2.13. The van der Waals surface area contributed by atoms with Crippen molar-refractivity contribution in [3.63, 3.8) is 0 Å². The Morgan fingerprint density at radius 3 is 2.73 bits per heavy atom. The van der Waals surface area contributed by atoms with Crippen molar-refractivity contribution >= 4 is 6.09 Å². The van der Waals surface area contributed by atoms with Gasteiger partial charge in [0.05, 0.1) is 13.2 Å². The normalized spacial score (nSPS) is 23.5. The van der Waals surface area contributed by atoms with Crippen molar-refractivity contribution in [1.82, 2.24) is 4.90 Å². The fraction of sp³-hybridized carbons (Fsp3) is 0.909. The predicted molar refractivity (Wildman–Crippen MR) is 57.8 cm³/mol. The van der Waals surface area contributed by atoms with Crippen molar-refractivity contribution in [1.29, 1.82) is 0 Å². The lowest BCUT2D eigenvalue weighted by molar-refractivity contribution is 0.0235. The second kappa shape index (κ2) is 4.84. The van der Waals surface area contributed by atoms with E-state index in [1.165, 1.54) is 0 Å². The standard InChI is InChI=1S/C11H21NO3/c1-9-7-12(5-6-14-8-9)10(13)15-11(2,3)4/h9H,5-8H2,1-4H3. The molecule has 1 amide bonds. The molecule has 0 aromatic carbocycles. The summed E-state index contributed by atoms with van der Waals surface area (Å²) in [6, 6.07) is 0. The summed E-state index contributed by atoms with van der Waals surface area (Å²) in [4.78, 5) is 13.5. The van der Waals surface area contributed by atoms with Gasteiger partial charge in [0.2, 0.25) is 0 Å². The quantitative estimate of drug-likeness (QED) is 0.619. The smallest absolute Gasteiger partial charge is 0.410 e. The van der Waals surface area contributed by atoms with Crippen molar-refractivity contribution in [3.05, 3.63) is 0 Å². The maximum atomic E-state index is 11.8. The van der Waals surface area contributed by atoms with Gasteiger partial charge in [0, 0.05) is 13.1 Å². The van der Waals surface area contributed by atoms with E-state index in [0.717, 1.165) is 13.2 Å². The Balaban J connectivity index is 2.50. The molecule has 1 unspecified atom stereocenters. The molecule has 1 fully saturated rings. The Bertz CT molecular complexity index is 222. The number of rotatable bonds is 0. The Kier molecular flexibility index (Phi) is 3.97. The Morgan fingerprint density at radius 2 is 2.13 bits per heavy atom. The van der Waals surface area contributed by atoms with E-state index >= 15 is 0 Å². The van der Waals surface area contributed by atoms with Crippen LogP contribution < -0.4 is 0 Å². The highest BCUT2D eigenvalue weighted by Gasteiger charge is 2.24. The van der Waals surface area contributed by atoms with Gasteiger partial charge >= 0.3 is 6.09 Å². The Hall–Kier alpha value is -0.770. The molecule has 0 aliphatic carbocycles. The average molecular weight is 215 g/mol. The fourth-order valence-electron chi connectivity index (χ4n) is 1.47. The average Bonchev–Trinajstić information content (AvgIpc) is 2.26. The molecule has 15 heavy (non-hydrogen) atoms. The highest BCUT2D eigenvalue weighted by atomic mass is 16.6. The minimum Gasteiger partial charge on any atom is -0.444 e. The summed E-state index contributed by atoms with van der Waals surface area (Å²) >= 11 is 0. The summed E-state index contributed by atoms with van der Waals surface area (Å²) in [5.74, 6) is 0.375. The van der Waals surface area contributed by atoms with Gasteiger partial charge in [-0.3, -0.25) is 0 Å². The van der Waals surface area contributed by atoms with Gasteiger partial charge in [-0.15, -0.1) is 0 Å². The molecule has 88 valence electrons. The highest BCUT2D eigenvalue weighted by molar-refractivity contribution is 5.68. The number of hydrogen-bond donors (Lipinski definition) is 0. The SMILES string of the molecule is CC1COCCN(C(=O)OC(C)(C)C)C1. The molecule has 1 heterocycles. The van der Waals surface area contributed by atoms with Gasteiger partial charge in [-0.1, -0.05) is 6.92 Å². The zero-order valence-electron chi connectivity index (χ0n) is 10.1. The lowest BCUT2D eigenvalue weighted by atomic mass is 10.2. The number of carbonyl (C=O) groups excluding carboxylic acids is 1.